The van der Waals surface area contributed by atoms with Crippen LogP contribution < -0.4 is 20.9 Å². The number of phenols is 1. The number of amides is 1. The first-order chi connectivity index (χ1) is 13.2. The number of ether oxygens (including phenoxy) is 1. The number of thiocarbonyl (C=S) groups is 1. The maximum atomic E-state index is 12.5. The molecule has 6 nitrogen and oxygen atoms in total. The number of carbonyl (C=O) groups is 1. The normalized spacial score (nSPS) is 11.0. The number of anilines is 1. The van der Waals surface area contributed by atoms with Crippen molar-refractivity contribution in [2.45, 2.75) is 19.6 Å². The lowest BCUT2D eigenvalue weighted by Crippen LogP contribution is -2.42. The number of rotatable bonds is 6. The van der Waals surface area contributed by atoms with Crippen LogP contribution in [0.25, 0.3) is 0 Å². The molecule has 0 saturated heterocycles. The van der Waals surface area contributed by atoms with Crippen molar-refractivity contribution >= 4 is 28.8 Å². The van der Waals surface area contributed by atoms with Gasteiger partial charge in [-0.05, 0) is 37.3 Å². The fourth-order valence-electron chi connectivity index (χ4n) is 2.19. The first-order valence-corrected chi connectivity index (χ1v) is 8.58. The van der Waals surface area contributed by atoms with Crippen LogP contribution in [0, 0.1) is 0 Å². The second-order valence-electron chi connectivity index (χ2n) is 5.53. The number of halogens is 3. The van der Waals surface area contributed by atoms with Crippen molar-refractivity contribution in [3.63, 3.8) is 0 Å². The molecule has 150 valence electrons. The second kappa shape index (κ2) is 9.38. The molecule has 2 aromatic carbocycles. The van der Waals surface area contributed by atoms with Gasteiger partial charge in [-0.25, -0.2) is 5.43 Å². The van der Waals surface area contributed by atoms with Crippen LogP contribution in [0.2, 0.25) is 0 Å². The van der Waals surface area contributed by atoms with Gasteiger partial charge in [-0.2, -0.15) is 13.2 Å². The molecule has 2 rings (SSSR count). The SMILES string of the molecule is CCOc1cccc(CNNC(=S)C(=O)Nc2ccc(C(F)(F)F)cc2)c1O. The van der Waals surface area contributed by atoms with E-state index in [9.17, 15) is 23.1 Å². The molecular formula is C18H18F3N3O3S. The van der Waals surface area contributed by atoms with E-state index in [1.165, 1.54) is 0 Å². The minimum atomic E-state index is -4.45. The highest BCUT2D eigenvalue weighted by Crippen LogP contribution is 2.30. The Hall–Kier alpha value is -2.85. The lowest BCUT2D eigenvalue weighted by atomic mass is 10.2. The zero-order chi connectivity index (χ0) is 20.7. The smallest absolute Gasteiger partial charge is 0.416 e. The van der Waals surface area contributed by atoms with Crippen molar-refractivity contribution < 1.29 is 27.8 Å². The van der Waals surface area contributed by atoms with Gasteiger partial charge in [0.15, 0.2) is 16.5 Å². The van der Waals surface area contributed by atoms with Crippen molar-refractivity contribution in [1.29, 1.82) is 0 Å². The number of nitrogens with one attached hydrogen (secondary N) is 3. The molecule has 0 aromatic heterocycles. The molecule has 0 spiro atoms. The third-order valence-electron chi connectivity index (χ3n) is 3.54. The molecule has 2 aromatic rings. The van der Waals surface area contributed by atoms with E-state index in [1.54, 1.807) is 25.1 Å². The van der Waals surface area contributed by atoms with Crippen LogP contribution in [-0.4, -0.2) is 22.6 Å². The fraction of sp³-hybridized carbons (Fsp3) is 0.222. The zero-order valence-corrected chi connectivity index (χ0v) is 15.6. The van der Waals surface area contributed by atoms with E-state index in [2.05, 4.69) is 16.2 Å². The Balaban J connectivity index is 1.86. The van der Waals surface area contributed by atoms with Crippen LogP contribution in [0.3, 0.4) is 0 Å². The second-order valence-corrected chi connectivity index (χ2v) is 5.94. The Bertz CT molecular complexity index is 842. The van der Waals surface area contributed by atoms with E-state index in [-0.39, 0.29) is 23.0 Å². The molecule has 10 heteroatoms. The number of hydrogen-bond acceptors (Lipinski definition) is 5. The number of alkyl halides is 3. The summed E-state index contributed by atoms with van der Waals surface area (Å²) in [5.74, 6) is -0.391. The molecule has 0 saturated carbocycles. The molecular weight excluding hydrogens is 395 g/mol. The van der Waals surface area contributed by atoms with E-state index < -0.39 is 17.6 Å². The van der Waals surface area contributed by atoms with Gasteiger partial charge in [0, 0.05) is 17.8 Å². The molecule has 0 aliphatic rings. The van der Waals surface area contributed by atoms with Crippen LogP contribution >= 0.6 is 12.2 Å². The minimum Gasteiger partial charge on any atom is -0.504 e. The average Bonchev–Trinajstić information content (AvgIpc) is 2.64. The van der Waals surface area contributed by atoms with Crippen molar-refractivity contribution in [2.75, 3.05) is 11.9 Å². The van der Waals surface area contributed by atoms with Crippen LogP contribution in [-0.2, 0) is 17.5 Å². The standard InChI is InChI=1S/C18H18F3N3O3S/c1-2-27-14-5-3-4-11(15(14)25)10-22-24-17(28)16(26)23-13-8-6-12(7-9-13)18(19,20)21/h3-9,22,25H,2,10H2,1H3,(H,23,26)(H,24,28). The Morgan fingerprint density at radius 1 is 1.18 bits per heavy atom. The summed E-state index contributed by atoms with van der Waals surface area (Å²) in [6.45, 7) is 2.33. The van der Waals surface area contributed by atoms with E-state index in [1.807, 2.05) is 0 Å². The van der Waals surface area contributed by atoms with E-state index >= 15 is 0 Å². The Kier molecular flexibility index (Phi) is 7.18. The molecule has 0 unspecified atom stereocenters. The number of hydrazine groups is 1. The summed E-state index contributed by atoms with van der Waals surface area (Å²) < 4.78 is 42.9. The van der Waals surface area contributed by atoms with Crippen LogP contribution in [0.1, 0.15) is 18.1 Å². The lowest BCUT2D eigenvalue weighted by molar-refractivity contribution is -0.137. The van der Waals surface area contributed by atoms with Gasteiger partial charge >= 0.3 is 6.18 Å². The highest BCUT2D eigenvalue weighted by Gasteiger charge is 2.30. The summed E-state index contributed by atoms with van der Waals surface area (Å²) >= 11 is 4.92. The highest BCUT2D eigenvalue weighted by atomic mass is 32.1. The van der Waals surface area contributed by atoms with E-state index in [0.717, 1.165) is 24.3 Å². The number of phenolic OH excluding ortho intramolecular Hbond substituents is 1. The molecule has 0 fully saturated rings. The van der Waals surface area contributed by atoms with Crippen molar-refractivity contribution in [2.24, 2.45) is 0 Å². The Morgan fingerprint density at radius 2 is 1.86 bits per heavy atom. The van der Waals surface area contributed by atoms with E-state index in [0.29, 0.717) is 17.9 Å². The molecule has 4 N–H and O–H groups in total. The molecule has 0 aliphatic carbocycles. The van der Waals surface area contributed by atoms with Gasteiger partial charge < -0.3 is 20.6 Å². The third-order valence-corrected chi connectivity index (χ3v) is 3.83. The first kappa shape index (κ1) is 21.5. The monoisotopic (exact) mass is 413 g/mol. The lowest BCUT2D eigenvalue weighted by Gasteiger charge is -2.13. The van der Waals surface area contributed by atoms with Crippen molar-refractivity contribution in [1.82, 2.24) is 10.9 Å². The molecule has 0 radical (unpaired) electrons. The number of carbonyl (C=O) groups excluding carboxylic acids is 1. The number of aromatic hydroxyl groups is 1. The summed E-state index contributed by atoms with van der Waals surface area (Å²) in [6, 6.07) is 8.98. The van der Waals surface area contributed by atoms with Gasteiger partial charge in [0.25, 0.3) is 5.91 Å². The van der Waals surface area contributed by atoms with Gasteiger partial charge in [0.2, 0.25) is 0 Å². The van der Waals surface area contributed by atoms with Crippen LogP contribution in [0.5, 0.6) is 11.5 Å². The van der Waals surface area contributed by atoms with Crippen LogP contribution in [0.15, 0.2) is 42.5 Å². The number of benzene rings is 2. The third kappa shape index (κ3) is 5.83. The zero-order valence-electron chi connectivity index (χ0n) is 14.8. The maximum Gasteiger partial charge on any atom is 0.416 e. The van der Waals surface area contributed by atoms with Gasteiger partial charge in [0.05, 0.1) is 12.2 Å². The quantitative estimate of drug-likeness (QED) is 0.430. The van der Waals surface area contributed by atoms with Gasteiger partial charge in [-0.15, -0.1) is 0 Å². The summed E-state index contributed by atoms with van der Waals surface area (Å²) in [5.41, 5.74) is 5.06. The van der Waals surface area contributed by atoms with Gasteiger partial charge in [0.1, 0.15) is 0 Å². The van der Waals surface area contributed by atoms with Gasteiger partial charge in [-0.3, -0.25) is 4.79 Å². The molecule has 0 atom stereocenters. The molecule has 0 bridgehead atoms. The predicted octanol–water partition coefficient (Wildman–Crippen LogP) is 3.37. The summed E-state index contributed by atoms with van der Waals surface area (Å²) in [7, 11) is 0. The summed E-state index contributed by atoms with van der Waals surface area (Å²) in [5, 5.41) is 12.5. The summed E-state index contributed by atoms with van der Waals surface area (Å²) in [6.07, 6.45) is -4.45. The van der Waals surface area contributed by atoms with Crippen molar-refractivity contribution in [3.05, 3.63) is 53.6 Å². The fourth-order valence-corrected chi connectivity index (χ4v) is 2.31. The molecule has 0 aliphatic heterocycles. The highest BCUT2D eigenvalue weighted by molar-refractivity contribution is 7.82. The van der Waals surface area contributed by atoms with E-state index in [4.69, 9.17) is 17.0 Å². The van der Waals surface area contributed by atoms with Crippen molar-refractivity contribution in [3.8, 4) is 11.5 Å². The Morgan fingerprint density at radius 3 is 2.46 bits per heavy atom. The Labute approximate surface area is 164 Å². The number of hydrogen-bond donors (Lipinski definition) is 4. The molecule has 0 heterocycles. The average molecular weight is 413 g/mol. The maximum absolute atomic E-state index is 12.5. The summed E-state index contributed by atoms with van der Waals surface area (Å²) in [4.78, 5) is 11.8. The first-order valence-electron chi connectivity index (χ1n) is 8.17. The number of para-hydroxylation sites is 1. The van der Waals surface area contributed by atoms with Crippen LogP contribution in [0.4, 0.5) is 18.9 Å². The largest absolute Gasteiger partial charge is 0.504 e. The predicted molar refractivity (Wildman–Crippen MR) is 102 cm³/mol. The minimum absolute atomic E-state index is 0.0289. The van der Waals surface area contributed by atoms with Gasteiger partial charge in [-0.1, -0.05) is 24.4 Å². The topological polar surface area (TPSA) is 82.6 Å². The molecule has 28 heavy (non-hydrogen) atoms. The molecule has 1 amide bonds.